The molecule has 4 rings (SSSR count). The average Bonchev–Trinajstić information content (AvgIpc) is 3.21. The molecule has 2 aliphatic rings. The summed E-state index contributed by atoms with van der Waals surface area (Å²) >= 11 is 0. The van der Waals surface area contributed by atoms with Gasteiger partial charge in [0.15, 0.2) is 0 Å². The molecule has 4 nitrogen and oxygen atoms in total. The smallest absolute Gasteiger partial charge is 0.238 e. The maximum absolute atomic E-state index is 12.4. The summed E-state index contributed by atoms with van der Waals surface area (Å²) in [4.78, 5) is 14.6. The minimum atomic E-state index is 0. The minimum absolute atomic E-state index is 0. The molecule has 0 spiro atoms. The van der Waals surface area contributed by atoms with Gasteiger partial charge in [-0.3, -0.25) is 9.69 Å². The van der Waals surface area contributed by atoms with Gasteiger partial charge in [0.05, 0.1) is 6.54 Å². The molecule has 1 fully saturated rings. The van der Waals surface area contributed by atoms with Crippen LogP contribution in [0.1, 0.15) is 29.0 Å². The maximum Gasteiger partial charge on any atom is 0.238 e. The highest BCUT2D eigenvalue weighted by molar-refractivity contribution is 5.92. The van der Waals surface area contributed by atoms with Gasteiger partial charge in [-0.25, -0.2) is 0 Å². The number of rotatable bonds is 4. The van der Waals surface area contributed by atoms with Crippen molar-refractivity contribution in [2.24, 2.45) is 5.73 Å². The normalized spacial score (nSPS) is 21.9. The Labute approximate surface area is 161 Å². The fourth-order valence-corrected chi connectivity index (χ4v) is 4.15. The summed E-state index contributed by atoms with van der Waals surface area (Å²) in [7, 11) is 0. The fraction of sp³-hybridized carbons (Fsp3) is 0.381. The Morgan fingerprint density at radius 1 is 1.08 bits per heavy atom. The van der Waals surface area contributed by atoms with Gasteiger partial charge < -0.3 is 11.1 Å². The monoisotopic (exact) mass is 371 g/mol. The number of carbonyl (C=O) groups excluding carboxylic acids is 1. The van der Waals surface area contributed by atoms with Crippen molar-refractivity contribution in [3.05, 3.63) is 65.2 Å². The summed E-state index contributed by atoms with van der Waals surface area (Å²) in [6.07, 6.45) is 3.51. The number of amides is 1. The van der Waals surface area contributed by atoms with E-state index in [1.54, 1.807) is 0 Å². The Hall–Kier alpha value is -1.88. The van der Waals surface area contributed by atoms with Crippen LogP contribution in [0.25, 0.3) is 0 Å². The van der Waals surface area contributed by atoms with Crippen molar-refractivity contribution in [2.45, 2.75) is 31.2 Å². The van der Waals surface area contributed by atoms with E-state index >= 15 is 0 Å². The summed E-state index contributed by atoms with van der Waals surface area (Å²) in [5.41, 5.74) is 11.3. The highest BCUT2D eigenvalue weighted by Gasteiger charge is 2.32. The molecular formula is C21H26ClN3O. The van der Waals surface area contributed by atoms with E-state index in [-0.39, 0.29) is 24.4 Å². The van der Waals surface area contributed by atoms with Crippen molar-refractivity contribution in [3.8, 4) is 0 Å². The number of carbonyl (C=O) groups is 1. The molecule has 2 aromatic rings. The van der Waals surface area contributed by atoms with Gasteiger partial charge in [-0.1, -0.05) is 36.4 Å². The summed E-state index contributed by atoms with van der Waals surface area (Å²) < 4.78 is 0. The van der Waals surface area contributed by atoms with Crippen LogP contribution in [0.4, 0.5) is 5.69 Å². The lowest BCUT2D eigenvalue weighted by molar-refractivity contribution is -0.117. The molecular weight excluding hydrogens is 346 g/mol. The first-order valence-corrected chi connectivity index (χ1v) is 9.13. The van der Waals surface area contributed by atoms with Crippen molar-refractivity contribution in [1.82, 2.24) is 4.90 Å². The van der Waals surface area contributed by atoms with Gasteiger partial charge in [-0.15, -0.1) is 12.4 Å². The molecule has 0 unspecified atom stereocenters. The van der Waals surface area contributed by atoms with Gasteiger partial charge in [-0.05, 0) is 48.1 Å². The Morgan fingerprint density at radius 2 is 1.85 bits per heavy atom. The summed E-state index contributed by atoms with van der Waals surface area (Å²) in [5.74, 6) is 0.341. The fourth-order valence-electron chi connectivity index (χ4n) is 4.15. The minimum Gasteiger partial charge on any atom is -0.326 e. The second-order valence-electron chi connectivity index (χ2n) is 7.26. The molecule has 0 aromatic heterocycles. The third-order valence-corrected chi connectivity index (χ3v) is 5.42. The second-order valence-corrected chi connectivity index (χ2v) is 7.26. The number of aryl methyl sites for hydroxylation is 2. The van der Waals surface area contributed by atoms with Crippen LogP contribution in [-0.4, -0.2) is 36.5 Å². The molecule has 0 radical (unpaired) electrons. The standard InChI is InChI=1S/C21H25N3O.ClH/c22-20-13-24(12-19(20)16-5-2-1-3-6-16)14-21(25)23-18-10-9-15-7-4-8-17(15)11-18;/h1-3,5-6,9-11,19-20H,4,7-8,12-14,22H2,(H,23,25);1H/t19-,20+;/m0./s1. The van der Waals surface area contributed by atoms with Crippen molar-refractivity contribution in [1.29, 1.82) is 0 Å². The molecule has 0 saturated carbocycles. The van der Waals surface area contributed by atoms with Crippen LogP contribution >= 0.6 is 12.4 Å². The molecule has 1 aliphatic heterocycles. The molecule has 138 valence electrons. The first kappa shape index (κ1) is 18.9. The predicted molar refractivity (Wildman–Crippen MR) is 108 cm³/mol. The lowest BCUT2D eigenvalue weighted by Crippen LogP contribution is -2.33. The highest BCUT2D eigenvalue weighted by atomic mass is 35.5. The number of nitrogens with two attached hydrogens (primary N) is 1. The summed E-state index contributed by atoms with van der Waals surface area (Å²) in [6, 6.07) is 16.7. The van der Waals surface area contributed by atoms with Crippen molar-refractivity contribution in [2.75, 3.05) is 25.0 Å². The summed E-state index contributed by atoms with van der Waals surface area (Å²) in [5, 5.41) is 3.05. The highest BCUT2D eigenvalue weighted by Crippen LogP contribution is 2.27. The molecule has 5 heteroatoms. The largest absolute Gasteiger partial charge is 0.326 e. The third kappa shape index (κ3) is 4.09. The van der Waals surface area contributed by atoms with Gasteiger partial charge in [0.1, 0.15) is 0 Å². The van der Waals surface area contributed by atoms with E-state index in [9.17, 15) is 4.79 Å². The van der Waals surface area contributed by atoms with E-state index in [2.05, 4.69) is 34.5 Å². The first-order chi connectivity index (χ1) is 12.2. The molecule has 26 heavy (non-hydrogen) atoms. The number of halogens is 1. The van der Waals surface area contributed by atoms with Gasteiger partial charge in [0, 0.05) is 30.7 Å². The molecule has 1 heterocycles. The van der Waals surface area contributed by atoms with Crippen LogP contribution in [0, 0.1) is 0 Å². The Balaban J connectivity index is 0.00000196. The number of nitrogens with zero attached hydrogens (tertiary/aromatic N) is 1. The van der Waals surface area contributed by atoms with Crippen molar-refractivity contribution in [3.63, 3.8) is 0 Å². The zero-order valence-corrected chi connectivity index (χ0v) is 15.7. The van der Waals surface area contributed by atoms with Crippen LogP contribution < -0.4 is 11.1 Å². The number of anilines is 1. The van der Waals surface area contributed by atoms with Crippen LogP contribution in [0.3, 0.4) is 0 Å². The van der Waals surface area contributed by atoms with Crippen LogP contribution in [0.2, 0.25) is 0 Å². The lowest BCUT2D eigenvalue weighted by atomic mass is 9.95. The van der Waals surface area contributed by atoms with Gasteiger partial charge in [0.2, 0.25) is 5.91 Å². The van der Waals surface area contributed by atoms with Gasteiger partial charge >= 0.3 is 0 Å². The number of fused-ring (bicyclic) bond motifs is 1. The predicted octanol–water partition coefficient (Wildman–Crippen LogP) is 2.96. The Kier molecular flexibility index (Phi) is 5.97. The Morgan fingerprint density at radius 3 is 2.65 bits per heavy atom. The maximum atomic E-state index is 12.4. The zero-order chi connectivity index (χ0) is 17.2. The Bertz CT molecular complexity index is 765. The van der Waals surface area contributed by atoms with E-state index in [0.717, 1.165) is 31.6 Å². The number of hydrogen-bond donors (Lipinski definition) is 2. The SMILES string of the molecule is Cl.N[C@@H]1CN(CC(=O)Nc2ccc3c(c2)CCC3)C[C@H]1c1ccccc1. The van der Waals surface area contributed by atoms with Crippen LogP contribution in [0.15, 0.2) is 48.5 Å². The van der Waals surface area contributed by atoms with Crippen LogP contribution in [0.5, 0.6) is 0 Å². The molecule has 0 bridgehead atoms. The topological polar surface area (TPSA) is 58.4 Å². The van der Waals surface area contributed by atoms with Gasteiger partial charge in [0.25, 0.3) is 0 Å². The van der Waals surface area contributed by atoms with E-state index < -0.39 is 0 Å². The molecule has 2 atom stereocenters. The van der Waals surface area contributed by atoms with Crippen molar-refractivity contribution < 1.29 is 4.79 Å². The molecule has 1 aliphatic carbocycles. The molecule has 1 amide bonds. The van der Waals surface area contributed by atoms with E-state index in [1.807, 2.05) is 24.3 Å². The second kappa shape index (κ2) is 8.21. The number of likely N-dealkylation sites (tertiary alicyclic amines) is 1. The quantitative estimate of drug-likeness (QED) is 0.868. The molecule has 3 N–H and O–H groups in total. The van der Waals surface area contributed by atoms with Crippen molar-refractivity contribution >= 4 is 24.0 Å². The lowest BCUT2D eigenvalue weighted by Gasteiger charge is -2.16. The average molecular weight is 372 g/mol. The number of benzene rings is 2. The number of hydrogen-bond acceptors (Lipinski definition) is 3. The first-order valence-electron chi connectivity index (χ1n) is 9.13. The van der Waals surface area contributed by atoms with Crippen LogP contribution in [-0.2, 0) is 17.6 Å². The zero-order valence-electron chi connectivity index (χ0n) is 14.9. The summed E-state index contributed by atoms with van der Waals surface area (Å²) in [6.45, 7) is 1.99. The molecule has 2 aromatic carbocycles. The van der Waals surface area contributed by atoms with Gasteiger partial charge in [-0.2, -0.15) is 0 Å². The van der Waals surface area contributed by atoms with E-state index in [4.69, 9.17) is 5.73 Å². The number of nitrogens with one attached hydrogen (secondary N) is 1. The van der Waals surface area contributed by atoms with E-state index in [1.165, 1.54) is 23.1 Å². The van der Waals surface area contributed by atoms with E-state index in [0.29, 0.717) is 12.5 Å². The molecule has 1 saturated heterocycles. The third-order valence-electron chi connectivity index (χ3n) is 5.42.